The molecule has 1 spiro atoms. The molecule has 2 aliphatic heterocycles. The molecule has 1 aromatic rings. The number of hydrogen-bond donors (Lipinski definition) is 0. The van der Waals surface area contributed by atoms with Crippen molar-refractivity contribution in [1.29, 1.82) is 0 Å². The molecule has 0 aromatic heterocycles. The molecular weight excluding hydrogens is 391 g/mol. The summed E-state index contributed by atoms with van der Waals surface area (Å²) in [5, 5.41) is 0. The number of amides is 1. The minimum atomic E-state index is -5.90. The van der Waals surface area contributed by atoms with E-state index >= 15 is 0 Å². The maximum Gasteiger partial charge on any atom is 0.523 e. The van der Waals surface area contributed by atoms with Crippen molar-refractivity contribution in [3.8, 4) is 0 Å². The van der Waals surface area contributed by atoms with Gasteiger partial charge in [0.25, 0.3) is 0 Å². The molecule has 11 heteroatoms. The highest BCUT2D eigenvalue weighted by atomic mass is 32.2. The molecule has 2 unspecified atom stereocenters. The van der Waals surface area contributed by atoms with Crippen molar-refractivity contribution in [3.63, 3.8) is 0 Å². The van der Waals surface area contributed by atoms with E-state index in [-0.39, 0.29) is 26.2 Å². The van der Waals surface area contributed by atoms with Crippen LogP contribution in [0.15, 0.2) is 42.5 Å². The SMILES string of the molecule is O=C(OCc1ccccc1)N1C(OS(=O)(=O)C(F)(F)F)C=CC12CCOC2. The largest absolute Gasteiger partial charge is 0.523 e. The first kappa shape index (κ1) is 19.6. The van der Waals surface area contributed by atoms with E-state index in [0.29, 0.717) is 5.56 Å². The Kier molecular flexibility index (Phi) is 5.19. The lowest BCUT2D eigenvalue weighted by Gasteiger charge is -2.35. The van der Waals surface area contributed by atoms with Crippen molar-refractivity contribution < 1.29 is 40.0 Å². The molecule has 3 rings (SSSR count). The maximum atomic E-state index is 12.7. The van der Waals surface area contributed by atoms with Crippen LogP contribution >= 0.6 is 0 Å². The fraction of sp³-hybridized carbons (Fsp3) is 0.438. The van der Waals surface area contributed by atoms with Gasteiger partial charge in [0, 0.05) is 13.0 Å². The van der Waals surface area contributed by atoms with Crippen molar-refractivity contribution in [1.82, 2.24) is 4.90 Å². The van der Waals surface area contributed by atoms with E-state index in [2.05, 4.69) is 4.18 Å². The van der Waals surface area contributed by atoms with Crippen molar-refractivity contribution in [3.05, 3.63) is 48.0 Å². The number of hydrogen-bond acceptors (Lipinski definition) is 6. The van der Waals surface area contributed by atoms with Crippen LogP contribution in [0.25, 0.3) is 0 Å². The first-order valence-electron chi connectivity index (χ1n) is 7.91. The third-order valence-electron chi connectivity index (χ3n) is 4.25. The molecule has 0 N–H and O–H groups in total. The summed E-state index contributed by atoms with van der Waals surface area (Å²) in [5.41, 5.74) is -6.06. The maximum absolute atomic E-state index is 12.7. The molecule has 1 amide bonds. The van der Waals surface area contributed by atoms with E-state index in [1.54, 1.807) is 30.3 Å². The number of ether oxygens (including phenoxy) is 2. The van der Waals surface area contributed by atoms with Crippen LogP contribution in [0.5, 0.6) is 0 Å². The van der Waals surface area contributed by atoms with Gasteiger partial charge in [-0.25, -0.2) is 8.98 Å². The Labute approximate surface area is 153 Å². The van der Waals surface area contributed by atoms with Gasteiger partial charge in [0.05, 0.1) is 12.1 Å². The Morgan fingerprint density at radius 2 is 2.00 bits per heavy atom. The molecule has 7 nitrogen and oxygen atoms in total. The molecule has 1 saturated heterocycles. The van der Waals surface area contributed by atoms with Crippen LogP contribution in [0, 0.1) is 0 Å². The van der Waals surface area contributed by atoms with E-state index in [1.807, 2.05) is 0 Å². The molecule has 27 heavy (non-hydrogen) atoms. The van der Waals surface area contributed by atoms with Crippen molar-refractivity contribution in [2.75, 3.05) is 13.2 Å². The second-order valence-corrected chi connectivity index (χ2v) is 7.63. The van der Waals surface area contributed by atoms with Gasteiger partial charge < -0.3 is 9.47 Å². The first-order chi connectivity index (χ1) is 12.6. The number of rotatable bonds is 4. The van der Waals surface area contributed by atoms with Gasteiger partial charge >= 0.3 is 21.7 Å². The van der Waals surface area contributed by atoms with E-state index in [0.717, 1.165) is 11.0 Å². The molecule has 2 heterocycles. The number of carbonyl (C=O) groups is 1. The second kappa shape index (κ2) is 7.13. The molecule has 0 radical (unpaired) electrons. The van der Waals surface area contributed by atoms with Gasteiger partial charge in [-0.3, -0.25) is 4.90 Å². The average molecular weight is 407 g/mol. The fourth-order valence-electron chi connectivity index (χ4n) is 2.91. The topological polar surface area (TPSA) is 82.1 Å². The van der Waals surface area contributed by atoms with E-state index in [1.165, 1.54) is 6.08 Å². The summed E-state index contributed by atoms with van der Waals surface area (Å²) in [4.78, 5) is 13.4. The Morgan fingerprint density at radius 3 is 2.59 bits per heavy atom. The number of benzene rings is 1. The van der Waals surface area contributed by atoms with Gasteiger partial charge in [-0.15, -0.1) is 0 Å². The summed E-state index contributed by atoms with van der Waals surface area (Å²) in [7, 11) is -5.90. The predicted molar refractivity (Wildman–Crippen MR) is 85.6 cm³/mol. The van der Waals surface area contributed by atoms with Crippen LogP contribution in [0.3, 0.4) is 0 Å². The lowest BCUT2D eigenvalue weighted by atomic mass is 9.99. The Hall–Kier alpha value is -2.11. The minimum absolute atomic E-state index is 0.00410. The zero-order chi connectivity index (χ0) is 19.7. The monoisotopic (exact) mass is 407 g/mol. The van der Waals surface area contributed by atoms with Gasteiger partial charge in [0.2, 0.25) is 0 Å². The van der Waals surface area contributed by atoms with Crippen LogP contribution < -0.4 is 0 Å². The molecule has 1 fully saturated rings. The summed E-state index contributed by atoms with van der Waals surface area (Å²) in [6.45, 7) is 0.118. The van der Waals surface area contributed by atoms with Gasteiger partial charge in [-0.2, -0.15) is 21.6 Å². The standard InChI is InChI=1S/C16H16F3NO6S/c17-16(18,19)27(22,23)26-13-6-7-15(8-9-24-11-15)20(13)14(21)25-10-12-4-2-1-3-5-12/h1-7,13H,8-11H2. The summed E-state index contributed by atoms with van der Waals surface area (Å²) < 4.78 is 75.4. The van der Waals surface area contributed by atoms with Gasteiger partial charge in [-0.05, 0) is 11.6 Å². The number of halogens is 3. The molecular formula is C16H16F3NO6S. The van der Waals surface area contributed by atoms with Gasteiger partial charge in [0.15, 0.2) is 6.23 Å². The summed E-state index contributed by atoms with van der Waals surface area (Å²) in [5.74, 6) is 0. The zero-order valence-electron chi connectivity index (χ0n) is 13.9. The normalized spacial score (nSPS) is 25.3. The Balaban J connectivity index is 1.79. The average Bonchev–Trinajstić information content (AvgIpc) is 3.20. The molecule has 0 bridgehead atoms. The second-order valence-electron chi connectivity index (χ2n) is 6.06. The van der Waals surface area contributed by atoms with Crippen LogP contribution in [0.4, 0.5) is 18.0 Å². The Morgan fingerprint density at radius 1 is 1.30 bits per heavy atom. The smallest absolute Gasteiger partial charge is 0.444 e. The zero-order valence-corrected chi connectivity index (χ0v) is 14.7. The van der Waals surface area contributed by atoms with Crippen molar-refractivity contribution in [2.24, 2.45) is 0 Å². The molecule has 2 aliphatic rings. The third kappa shape index (κ3) is 3.94. The summed E-state index contributed by atoms with van der Waals surface area (Å²) in [6, 6.07) is 8.63. The summed E-state index contributed by atoms with van der Waals surface area (Å²) >= 11 is 0. The molecule has 0 aliphatic carbocycles. The van der Waals surface area contributed by atoms with Crippen molar-refractivity contribution >= 4 is 16.2 Å². The quantitative estimate of drug-likeness (QED) is 0.434. The number of nitrogens with zero attached hydrogens (tertiary/aromatic N) is 1. The molecule has 148 valence electrons. The number of carbonyl (C=O) groups excluding carboxylic acids is 1. The number of alkyl halides is 3. The lowest BCUT2D eigenvalue weighted by molar-refractivity contribution is -0.0657. The first-order valence-corrected chi connectivity index (χ1v) is 9.32. The van der Waals surface area contributed by atoms with Crippen LogP contribution in [-0.2, 0) is 30.4 Å². The highest BCUT2D eigenvalue weighted by Gasteiger charge is 2.54. The van der Waals surface area contributed by atoms with E-state index in [4.69, 9.17) is 9.47 Å². The van der Waals surface area contributed by atoms with Gasteiger partial charge in [-0.1, -0.05) is 36.4 Å². The molecule has 2 atom stereocenters. The predicted octanol–water partition coefficient (Wildman–Crippen LogP) is 2.55. The van der Waals surface area contributed by atoms with Gasteiger partial charge in [0.1, 0.15) is 6.61 Å². The highest BCUT2D eigenvalue weighted by Crippen LogP contribution is 2.38. The molecule has 0 saturated carbocycles. The van der Waals surface area contributed by atoms with E-state index in [9.17, 15) is 26.4 Å². The molecule has 1 aromatic carbocycles. The Bertz CT molecular complexity index is 818. The van der Waals surface area contributed by atoms with Crippen LogP contribution in [0.1, 0.15) is 12.0 Å². The van der Waals surface area contributed by atoms with Crippen LogP contribution in [-0.4, -0.2) is 49.9 Å². The third-order valence-corrected chi connectivity index (χ3v) is 5.26. The fourth-order valence-corrected chi connectivity index (χ4v) is 3.43. The minimum Gasteiger partial charge on any atom is -0.444 e. The highest BCUT2D eigenvalue weighted by molar-refractivity contribution is 7.87. The lowest BCUT2D eigenvalue weighted by Crippen LogP contribution is -2.53. The van der Waals surface area contributed by atoms with E-state index < -0.39 is 33.5 Å². The van der Waals surface area contributed by atoms with Crippen molar-refractivity contribution in [2.45, 2.75) is 30.3 Å². The van der Waals surface area contributed by atoms with Crippen LogP contribution in [0.2, 0.25) is 0 Å². The summed E-state index contributed by atoms with van der Waals surface area (Å²) in [6.07, 6.45) is -0.00359.